The second-order valence-corrected chi connectivity index (χ2v) is 11.1. The van der Waals surface area contributed by atoms with Crippen LogP contribution in [0.4, 0.5) is 13.2 Å². The zero-order chi connectivity index (χ0) is 27.9. The molecule has 1 aromatic heterocycles. The Bertz CT molecular complexity index is 1810. The van der Waals surface area contributed by atoms with Crippen molar-refractivity contribution < 1.29 is 31.5 Å². The van der Waals surface area contributed by atoms with E-state index in [2.05, 4.69) is 0 Å². The first kappa shape index (κ1) is 26.5. The third-order valence-corrected chi connectivity index (χ3v) is 8.31. The van der Waals surface area contributed by atoms with Crippen molar-refractivity contribution in [1.29, 1.82) is 0 Å². The van der Waals surface area contributed by atoms with Gasteiger partial charge in [0.25, 0.3) is 10.0 Å². The van der Waals surface area contributed by atoms with Crippen LogP contribution in [-0.2, 0) is 22.6 Å². The quantitative estimate of drug-likeness (QED) is 0.230. The molecule has 1 N–H and O–H groups in total. The molecule has 198 valence electrons. The minimum Gasteiger partial charge on any atom is -0.478 e. The minimum absolute atomic E-state index is 0.0338. The molecule has 0 bridgehead atoms. The Labute approximate surface area is 226 Å². The molecule has 0 aliphatic rings. The SMILES string of the molecule is O=C(O)c1ccc(Cc2cc3cc(C(F)(F)F)ccc3n2S(=O)(=O)c2cccc(-c3ccc(Cl)cc3)c2)cc1. The monoisotopic (exact) mass is 569 g/mol. The number of halogens is 4. The molecule has 0 atom stereocenters. The van der Waals surface area contributed by atoms with E-state index < -0.39 is 27.7 Å². The van der Waals surface area contributed by atoms with Gasteiger partial charge >= 0.3 is 12.1 Å². The lowest BCUT2D eigenvalue weighted by molar-refractivity contribution is -0.137. The Kier molecular flexibility index (Phi) is 6.74. The van der Waals surface area contributed by atoms with Gasteiger partial charge in [-0.25, -0.2) is 17.2 Å². The molecule has 0 fully saturated rings. The lowest BCUT2D eigenvalue weighted by Crippen LogP contribution is -2.16. The Morgan fingerprint density at radius 3 is 2.18 bits per heavy atom. The van der Waals surface area contributed by atoms with Gasteiger partial charge in [-0.2, -0.15) is 13.2 Å². The normalized spacial score (nSPS) is 12.1. The molecule has 5 rings (SSSR count). The van der Waals surface area contributed by atoms with E-state index in [4.69, 9.17) is 16.7 Å². The fourth-order valence-corrected chi connectivity index (χ4v) is 6.10. The molecule has 0 radical (unpaired) electrons. The molecule has 5 nitrogen and oxygen atoms in total. The fraction of sp³-hybridized carbons (Fsp3) is 0.0690. The number of benzene rings is 4. The zero-order valence-corrected chi connectivity index (χ0v) is 21.6. The number of carbonyl (C=O) groups is 1. The van der Waals surface area contributed by atoms with Gasteiger partial charge in [0, 0.05) is 22.5 Å². The van der Waals surface area contributed by atoms with E-state index in [1.807, 2.05) is 0 Å². The third kappa shape index (κ3) is 5.28. The molecule has 10 heteroatoms. The van der Waals surface area contributed by atoms with Gasteiger partial charge in [0.05, 0.1) is 21.5 Å². The largest absolute Gasteiger partial charge is 0.478 e. The highest BCUT2D eigenvalue weighted by atomic mass is 35.5. The molecule has 0 aliphatic heterocycles. The highest BCUT2D eigenvalue weighted by Crippen LogP contribution is 2.35. The van der Waals surface area contributed by atoms with E-state index in [-0.39, 0.29) is 33.5 Å². The number of hydrogen-bond donors (Lipinski definition) is 1. The van der Waals surface area contributed by atoms with Gasteiger partial charge in [-0.05, 0) is 77.4 Å². The summed E-state index contributed by atoms with van der Waals surface area (Å²) < 4.78 is 69.4. The van der Waals surface area contributed by atoms with E-state index in [9.17, 15) is 26.4 Å². The van der Waals surface area contributed by atoms with Crippen molar-refractivity contribution in [2.24, 2.45) is 0 Å². The lowest BCUT2D eigenvalue weighted by Gasteiger charge is -2.14. The first-order chi connectivity index (χ1) is 18.4. The molecular formula is C29H19ClF3NO4S. The van der Waals surface area contributed by atoms with Crippen molar-refractivity contribution in [1.82, 2.24) is 3.97 Å². The van der Waals surface area contributed by atoms with Crippen molar-refractivity contribution in [3.63, 3.8) is 0 Å². The Balaban J connectivity index is 1.66. The molecule has 39 heavy (non-hydrogen) atoms. The molecule has 0 saturated carbocycles. The zero-order valence-electron chi connectivity index (χ0n) is 20.0. The van der Waals surface area contributed by atoms with Gasteiger partial charge in [0.1, 0.15) is 0 Å². The van der Waals surface area contributed by atoms with Gasteiger partial charge in [0.15, 0.2) is 0 Å². The number of aromatic carboxylic acids is 1. The van der Waals surface area contributed by atoms with Crippen molar-refractivity contribution in [3.05, 3.63) is 124 Å². The van der Waals surface area contributed by atoms with Crippen molar-refractivity contribution in [2.75, 3.05) is 0 Å². The average Bonchev–Trinajstić information content (AvgIpc) is 3.27. The minimum atomic E-state index is -4.60. The van der Waals surface area contributed by atoms with Gasteiger partial charge in [-0.15, -0.1) is 0 Å². The summed E-state index contributed by atoms with van der Waals surface area (Å²) in [7, 11) is -4.27. The maximum absolute atomic E-state index is 14.0. The van der Waals surface area contributed by atoms with E-state index in [0.717, 1.165) is 27.7 Å². The topological polar surface area (TPSA) is 76.4 Å². The molecule has 0 amide bonds. The van der Waals surface area contributed by atoms with Crippen LogP contribution in [0.5, 0.6) is 0 Å². The summed E-state index contributed by atoms with van der Waals surface area (Å²) in [6.45, 7) is 0. The summed E-state index contributed by atoms with van der Waals surface area (Å²) in [4.78, 5) is 11.2. The number of carboxylic acid groups (broad SMARTS) is 1. The standard InChI is InChI=1S/C29H19ClF3NO4S/c30-24-11-8-19(9-12-24)21-2-1-3-26(17-21)39(37,38)34-25(14-18-4-6-20(7-5-18)28(35)36)16-22-15-23(29(31,32)33)10-13-27(22)34/h1-13,15-17H,14H2,(H,35,36). The predicted octanol–water partition coefficient (Wildman–Crippen LogP) is 7.51. The summed E-state index contributed by atoms with van der Waals surface area (Å²) in [5.74, 6) is -1.11. The molecule has 5 aromatic rings. The number of fused-ring (bicyclic) bond motifs is 1. The van der Waals surface area contributed by atoms with Crippen LogP contribution >= 0.6 is 11.6 Å². The summed E-state index contributed by atoms with van der Waals surface area (Å²) in [6.07, 6.45) is -4.57. The third-order valence-electron chi connectivity index (χ3n) is 6.29. The highest BCUT2D eigenvalue weighted by molar-refractivity contribution is 7.90. The van der Waals surface area contributed by atoms with Crippen LogP contribution < -0.4 is 0 Å². The van der Waals surface area contributed by atoms with Crippen LogP contribution in [0, 0.1) is 0 Å². The molecule has 0 aliphatic carbocycles. The van der Waals surface area contributed by atoms with Crippen LogP contribution in [0.15, 0.2) is 102 Å². The Hall–Kier alpha value is -4.08. The van der Waals surface area contributed by atoms with Crippen LogP contribution in [0.3, 0.4) is 0 Å². The summed E-state index contributed by atoms with van der Waals surface area (Å²) in [6, 6.07) is 23.3. The number of rotatable bonds is 6. The van der Waals surface area contributed by atoms with Gasteiger partial charge in [-0.3, -0.25) is 0 Å². The predicted molar refractivity (Wildman–Crippen MR) is 143 cm³/mol. The number of alkyl halides is 3. The molecular weight excluding hydrogens is 551 g/mol. The van der Waals surface area contributed by atoms with Crippen LogP contribution in [0.25, 0.3) is 22.0 Å². The smallest absolute Gasteiger partial charge is 0.416 e. The number of carboxylic acids is 1. The maximum Gasteiger partial charge on any atom is 0.416 e. The van der Waals surface area contributed by atoms with Gasteiger partial charge in [0.2, 0.25) is 0 Å². The molecule has 0 unspecified atom stereocenters. The first-order valence-corrected chi connectivity index (χ1v) is 13.4. The van der Waals surface area contributed by atoms with E-state index in [1.54, 1.807) is 48.5 Å². The Morgan fingerprint density at radius 1 is 0.846 bits per heavy atom. The van der Waals surface area contributed by atoms with Crippen molar-refractivity contribution in [2.45, 2.75) is 17.5 Å². The highest BCUT2D eigenvalue weighted by Gasteiger charge is 2.32. The van der Waals surface area contributed by atoms with Gasteiger partial charge < -0.3 is 5.11 Å². The van der Waals surface area contributed by atoms with Crippen LogP contribution in [-0.4, -0.2) is 23.5 Å². The number of aromatic nitrogens is 1. The first-order valence-electron chi connectivity index (χ1n) is 11.6. The van der Waals surface area contributed by atoms with Crippen LogP contribution in [0.2, 0.25) is 5.02 Å². The average molecular weight is 570 g/mol. The second kappa shape index (κ2) is 9.91. The van der Waals surface area contributed by atoms with Gasteiger partial charge in [-0.1, -0.05) is 48.0 Å². The van der Waals surface area contributed by atoms with Crippen LogP contribution in [0.1, 0.15) is 27.2 Å². The summed E-state index contributed by atoms with van der Waals surface area (Å²) in [5, 5.41) is 9.80. The van der Waals surface area contributed by atoms with Crippen molar-refractivity contribution in [3.8, 4) is 11.1 Å². The lowest BCUT2D eigenvalue weighted by atomic mass is 10.1. The molecule has 0 spiro atoms. The molecule has 4 aromatic carbocycles. The Morgan fingerprint density at radius 2 is 1.54 bits per heavy atom. The summed E-state index contributed by atoms with van der Waals surface area (Å²) in [5.41, 5.74) is 1.43. The number of nitrogens with zero attached hydrogens (tertiary/aromatic N) is 1. The second-order valence-electron chi connectivity index (χ2n) is 8.89. The molecule has 0 saturated heterocycles. The van der Waals surface area contributed by atoms with E-state index in [0.29, 0.717) is 16.1 Å². The van der Waals surface area contributed by atoms with Crippen molar-refractivity contribution >= 4 is 38.5 Å². The fourth-order valence-electron chi connectivity index (χ4n) is 4.39. The van der Waals surface area contributed by atoms with E-state index in [1.165, 1.54) is 30.3 Å². The molecule has 1 heterocycles. The van der Waals surface area contributed by atoms with E-state index >= 15 is 0 Å². The number of hydrogen-bond acceptors (Lipinski definition) is 3. The maximum atomic E-state index is 14.0. The summed E-state index contributed by atoms with van der Waals surface area (Å²) >= 11 is 5.97.